The van der Waals surface area contributed by atoms with Gasteiger partial charge in [0.2, 0.25) is 0 Å². The van der Waals surface area contributed by atoms with Gasteiger partial charge in [-0.05, 0) is 33.2 Å². The molecule has 1 heterocycles. The highest BCUT2D eigenvalue weighted by atomic mass is 127. The molecule has 0 aromatic carbocycles. The van der Waals surface area contributed by atoms with Crippen LogP contribution in [0.4, 0.5) is 5.82 Å². The second-order valence-electron chi connectivity index (χ2n) is 1.56. The molecule has 6 nitrogen and oxygen atoms in total. The number of hydrogen-bond donors (Lipinski definition) is 1. The SMILES string of the molecule is [N-]=[N+]=Nc1nc[nH]c(=O)c1I. The lowest BCUT2D eigenvalue weighted by atomic mass is 10.6. The molecule has 1 aromatic heterocycles. The monoisotopic (exact) mass is 263 g/mol. The lowest BCUT2D eigenvalue weighted by molar-refractivity contribution is 1.08. The Kier molecular flexibility index (Phi) is 2.44. The van der Waals surface area contributed by atoms with Crippen LogP contribution in [0.2, 0.25) is 0 Å². The Morgan fingerprint density at radius 3 is 3.18 bits per heavy atom. The van der Waals surface area contributed by atoms with Gasteiger partial charge in [0.25, 0.3) is 5.56 Å². The van der Waals surface area contributed by atoms with Crippen LogP contribution in [0.25, 0.3) is 10.4 Å². The Morgan fingerprint density at radius 2 is 2.55 bits per heavy atom. The van der Waals surface area contributed by atoms with Gasteiger partial charge in [-0.2, -0.15) is 0 Å². The van der Waals surface area contributed by atoms with Crippen LogP contribution in [-0.2, 0) is 0 Å². The van der Waals surface area contributed by atoms with Crippen LogP contribution in [0.1, 0.15) is 0 Å². The smallest absolute Gasteiger partial charge is 0.264 e. The van der Waals surface area contributed by atoms with Crippen LogP contribution in [0, 0.1) is 3.57 Å². The summed E-state index contributed by atoms with van der Waals surface area (Å²) in [6.45, 7) is 0. The average molecular weight is 263 g/mol. The summed E-state index contributed by atoms with van der Waals surface area (Å²) in [5, 5.41) is 3.21. The second-order valence-corrected chi connectivity index (χ2v) is 2.64. The summed E-state index contributed by atoms with van der Waals surface area (Å²) in [5.41, 5.74) is 7.74. The molecule has 1 aromatic rings. The number of halogens is 1. The Morgan fingerprint density at radius 1 is 1.82 bits per heavy atom. The Hall–Kier alpha value is -1.08. The summed E-state index contributed by atoms with van der Waals surface area (Å²) in [7, 11) is 0. The first-order valence-electron chi connectivity index (χ1n) is 2.54. The van der Waals surface area contributed by atoms with Gasteiger partial charge in [-0.1, -0.05) is 0 Å². The quantitative estimate of drug-likeness (QED) is 0.358. The lowest BCUT2D eigenvalue weighted by Gasteiger charge is -1.90. The Labute approximate surface area is 74.4 Å². The van der Waals surface area contributed by atoms with Gasteiger partial charge < -0.3 is 4.98 Å². The van der Waals surface area contributed by atoms with Gasteiger partial charge in [0.15, 0.2) is 0 Å². The van der Waals surface area contributed by atoms with E-state index in [0.29, 0.717) is 3.57 Å². The van der Waals surface area contributed by atoms with Gasteiger partial charge in [0.05, 0.1) is 6.33 Å². The van der Waals surface area contributed by atoms with Crippen LogP contribution in [0.3, 0.4) is 0 Å². The molecular formula is C4H2IN5O. The molecule has 0 atom stereocenters. The van der Waals surface area contributed by atoms with Crippen molar-refractivity contribution in [2.24, 2.45) is 5.11 Å². The highest BCUT2D eigenvalue weighted by Crippen LogP contribution is 2.11. The molecule has 0 aliphatic heterocycles. The number of hydrogen-bond acceptors (Lipinski definition) is 3. The van der Waals surface area contributed by atoms with Gasteiger partial charge in [-0.3, -0.25) is 4.79 Å². The summed E-state index contributed by atoms with van der Waals surface area (Å²) in [5.74, 6) is 0.108. The van der Waals surface area contributed by atoms with Crippen molar-refractivity contribution in [3.05, 3.63) is 30.7 Å². The molecule has 11 heavy (non-hydrogen) atoms. The van der Waals surface area contributed by atoms with Crippen molar-refractivity contribution in [3.63, 3.8) is 0 Å². The number of nitrogens with zero attached hydrogens (tertiary/aromatic N) is 4. The van der Waals surface area contributed by atoms with Gasteiger partial charge >= 0.3 is 0 Å². The lowest BCUT2D eigenvalue weighted by Crippen LogP contribution is -2.08. The minimum atomic E-state index is -0.303. The third-order valence-corrected chi connectivity index (χ3v) is 1.89. The van der Waals surface area contributed by atoms with Gasteiger partial charge in [0, 0.05) is 4.91 Å². The fourth-order valence-corrected chi connectivity index (χ4v) is 0.889. The van der Waals surface area contributed by atoms with Crippen molar-refractivity contribution < 1.29 is 0 Å². The zero-order valence-electron chi connectivity index (χ0n) is 5.15. The van der Waals surface area contributed by atoms with Crippen molar-refractivity contribution in [1.82, 2.24) is 9.97 Å². The molecule has 0 unspecified atom stereocenters. The molecule has 0 fully saturated rings. The molecule has 0 spiro atoms. The third-order valence-electron chi connectivity index (χ3n) is 0.918. The van der Waals surface area contributed by atoms with E-state index in [4.69, 9.17) is 5.53 Å². The van der Waals surface area contributed by atoms with E-state index in [-0.39, 0.29) is 11.4 Å². The number of aromatic amines is 1. The molecule has 1 rings (SSSR count). The van der Waals surface area contributed by atoms with Crippen molar-refractivity contribution in [3.8, 4) is 0 Å². The molecule has 0 radical (unpaired) electrons. The molecular weight excluding hydrogens is 261 g/mol. The predicted octanol–water partition coefficient (Wildman–Crippen LogP) is 1.32. The van der Waals surface area contributed by atoms with Crippen LogP contribution in [0.15, 0.2) is 16.2 Å². The molecule has 0 amide bonds. The molecule has 56 valence electrons. The maximum Gasteiger partial charge on any atom is 0.264 e. The first-order chi connectivity index (χ1) is 5.25. The number of nitrogens with one attached hydrogen (secondary N) is 1. The van der Waals surface area contributed by atoms with E-state index >= 15 is 0 Å². The van der Waals surface area contributed by atoms with E-state index in [2.05, 4.69) is 20.0 Å². The maximum absolute atomic E-state index is 10.8. The highest BCUT2D eigenvalue weighted by Gasteiger charge is 2.00. The fraction of sp³-hybridized carbons (Fsp3) is 0. The third kappa shape index (κ3) is 1.69. The number of H-pyrrole nitrogens is 1. The summed E-state index contributed by atoms with van der Waals surface area (Å²) in [6, 6.07) is 0. The summed E-state index contributed by atoms with van der Waals surface area (Å²) < 4.78 is 0.294. The zero-order chi connectivity index (χ0) is 8.27. The summed E-state index contributed by atoms with van der Waals surface area (Å²) in [6.07, 6.45) is 1.19. The number of azide groups is 1. The molecule has 1 N–H and O–H groups in total. The van der Waals surface area contributed by atoms with Crippen molar-refractivity contribution in [1.29, 1.82) is 0 Å². The van der Waals surface area contributed by atoms with Crippen LogP contribution in [-0.4, -0.2) is 9.97 Å². The van der Waals surface area contributed by atoms with Gasteiger partial charge in [-0.25, -0.2) is 4.98 Å². The first kappa shape index (κ1) is 8.02. The first-order valence-corrected chi connectivity index (χ1v) is 3.62. The van der Waals surface area contributed by atoms with E-state index < -0.39 is 0 Å². The van der Waals surface area contributed by atoms with E-state index in [1.54, 1.807) is 22.6 Å². The van der Waals surface area contributed by atoms with Crippen LogP contribution < -0.4 is 5.56 Å². The number of aromatic nitrogens is 2. The normalized spacial score (nSPS) is 8.82. The predicted molar refractivity (Wildman–Crippen MR) is 46.4 cm³/mol. The molecule has 0 aliphatic rings. The Bertz CT molecular complexity index is 365. The van der Waals surface area contributed by atoms with Crippen LogP contribution >= 0.6 is 22.6 Å². The van der Waals surface area contributed by atoms with E-state index in [1.807, 2.05) is 0 Å². The largest absolute Gasteiger partial charge is 0.312 e. The summed E-state index contributed by atoms with van der Waals surface area (Å²) in [4.78, 5) is 19.3. The maximum atomic E-state index is 10.8. The molecule has 0 bridgehead atoms. The van der Waals surface area contributed by atoms with E-state index in [9.17, 15) is 4.79 Å². The van der Waals surface area contributed by atoms with Crippen molar-refractivity contribution >= 4 is 28.4 Å². The average Bonchev–Trinajstić information content (AvgIpc) is 1.99. The summed E-state index contributed by atoms with van der Waals surface area (Å²) >= 11 is 1.76. The zero-order valence-corrected chi connectivity index (χ0v) is 7.31. The molecule has 0 saturated heterocycles. The fourth-order valence-electron chi connectivity index (χ4n) is 0.486. The Balaban J connectivity index is 3.38. The standard InChI is InChI=1S/C4H2IN5O/c5-2-3(9-10-6)7-1-8-4(2)11/h1H,(H,7,8,11). The van der Waals surface area contributed by atoms with E-state index in [0.717, 1.165) is 0 Å². The van der Waals surface area contributed by atoms with Crippen molar-refractivity contribution in [2.75, 3.05) is 0 Å². The second kappa shape index (κ2) is 3.35. The minimum absolute atomic E-state index is 0.108. The molecule has 0 saturated carbocycles. The molecule has 0 aliphatic carbocycles. The van der Waals surface area contributed by atoms with E-state index in [1.165, 1.54) is 6.33 Å². The minimum Gasteiger partial charge on any atom is -0.312 e. The van der Waals surface area contributed by atoms with Crippen LogP contribution in [0.5, 0.6) is 0 Å². The highest BCUT2D eigenvalue weighted by molar-refractivity contribution is 14.1. The van der Waals surface area contributed by atoms with Gasteiger partial charge in [0.1, 0.15) is 9.39 Å². The number of rotatable bonds is 1. The van der Waals surface area contributed by atoms with Gasteiger partial charge in [-0.15, -0.1) is 0 Å². The molecule has 7 heteroatoms. The topological polar surface area (TPSA) is 94.5 Å². The van der Waals surface area contributed by atoms with Crippen molar-refractivity contribution in [2.45, 2.75) is 0 Å².